The lowest BCUT2D eigenvalue weighted by Crippen LogP contribution is -2.51. The third-order valence-corrected chi connectivity index (χ3v) is 8.30. The molecule has 3 heteroatoms. The molecule has 2 aliphatic carbocycles. The number of piperazine rings is 1. The molecular formula is C18H29N3. The van der Waals surface area contributed by atoms with Gasteiger partial charge in [0.15, 0.2) is 0 Å². The number of nitrogens with one attached hydrogen (secondary N) is 2. The number of likely N-dealkylation sites (tertiary alicyclic amines) is 1. The number of nitrogens with zero attached hydrogens (tertiary/aromatic N) is 1. The Morgan fingerprint density at radius 1 is 0.810 bits per heavy atom. The van der Waals surface area contributed by atoms with Crippen LogP contribution in [0.1, 0.15) is 44.9 Å². The molecule has 2 N–H and O–H groups in total. The van der Waals surface area contributed by atoms with E-state index >= 15 is 0 Å². The van der Waals surface area contributed by atoms with Gasteiger partial charge in [-0.1, -0.05) is 0 Å². The molecule has 0 aromatic heterocycles. The van der Waals surface area contributed by atoms with Crippen LogP contribution in [0, 0.1) is 23.7 Å². The molecule has 21 heavy (non-hydrogen) atoms. The fraction of sp³-hybridized carbons (Fsp3) is 1.00. The van der Waals surface area contributed by atoms with Crippen LogP contribution in [0.25, 0.3) is 0 Å². The van der Waals surface area contributed by atoms with Crippen molar-refractivity contribution in [1.29, 1.82) is 0 Å². The van der Waals surface area contributed by atoms with Crippen LogP contribution >= 0.6 is 0 Å². The van der Waals surface area contributed by atoms with Crippen LogP contribution in [0.2, 0.25) is 0 Å². The molecule has 116 valence electrons. The van der Waals surface area contributed by atoms with Gasteiger partial charge in [-0.05, 0) is 68.6 Å². The molecule has 0 aromatic rings. The lowest BCUT2D eigenvalue weighted by molar-refractivity contribution is 0.0825. The highest BCUT2D eigenvalue weighted by molar-refractivity contribution is 5.10. The van der Waals surface area contributed by atoms with Crippen molar-refractivity contribution in [3.05, 3.63) is 0 Å². The predicted octanol–water partition coefficient (Wildman–Crippen LogP) is 1.59. The highest BCUT2D eigenvalue weighted by atomic mass is 15.3. The van der Waals surface area contributed by atoms with Crippen LogP contribution in [0.5, 0.6) is 0 Å². The Hall–Kier alpha value is -0.120. The van der Waals surface area contributed by atoms with Gasteiger partial charge in [-0.2, -0.15) is 0 Å². The minimum atomic E-state index is 0.833. The van der Waals surface area contributed by atoms with Gasteiger partial charge in [-0.3, -0.25) is 4.90 Å². The molecule has 2 saturated carbocycles. The van der Waals surface area contributed by atoms with Crippen molar-refractivity contribution in [2.24, 2.45) is 23.7 Å². The molecule has 0 radical (unpaired) electrons. The Morgan fingerprint density at radius 3 is 2.43 bits per heavy atom. The van der Waals surface area contributed by atoms with E-state index in [0.717, 1.165) is 53.9 Å². The van der Waals surface area contributed by atoms with Crippen LogP contribution in [0.3, 0.4) is 0 Å². The van der Waals surface area contributed by atoms with E-state index in [1.165, 1.54) is 38.8 Å². The smallest absolute Gasteiger partial charge is 0.0239 e. The molecule has 0 spiro atoms. The first-order valence-electron chi connectivity index (χ1n) is 9.60. The second kappa shape index (κ2) is 4.24. The highest BCUT2D eigenvalue weighted by Crippen LogP contribution is 2.56. The Bertz CT molecular complexity index is 412. The van der Waals surface area contributed by atoms with Gasteiger partial charge >= 0.3 is 0 Å². The SMILES string of the molecule is C1CC2NC1CC2C1CC2CC1CC2N1CC2CC1CN2. The Labute approximate surface area is 128 Å². The summed E-state index contributed by atoms with van der Waals surface area (Å²) in [5, 5.41) is 7.56. The van der Waals surface area contributed by atoms with Crippen molar-refractivity contribution in [1.82, 2.24) is 15.5 Å². The summed E-state index contributed by atoms with van der Waals surface area (Å²) in [4.78, 5) is 2.93. The number of hydrogen-bond acceptors (Lipinski definition) is 3. The topological polar surface area (TPSA) is 27.3 Å². The van der Waals surface area contributed by atoms with Gasteiger partial charge < -0.3 is 10.6 Å². The third-order valence-electron chi connectivity index (χ3n) is 8.30. The van der Waals surface area contributed by atoms with E-state index in [2.05, 4.69) is 15.5 Å². The van der Waals surface area contributed by atoms with E-state index in [4.69, 9.17) is 0 Å². The molecule has 3 nitrogen and oxygen atoms in total. The molecule has 6 fully saturated rings. The molecule has 6 aliphatic rings. The van der Waals surface area contributed by atoms with Gasteiger partial charge in [0.25, 0.3) is 0 Å². The van der Waals surface area contributed by atoms with E-state index in [1.54, 1.807) is 19.3 Å². The van der Waals surface area contributed by atoms with Crippen LogP contribution in [-0.4, -0.2) is 48.2 Å². The Kier molecular flexibility index (Phi) is 2.49. The minimum Gasteiger partial charge on any atom is -0.311 e. The van der Waals surface area contributed by atoms with E-state index in [0.29, 0.717) is 0 Å². The van der Waals surface area contributed by atoms with Gasteiger partial charge in [-0.15, -0.1) is 0 Å². The second-order valence-electron chi connectivity index (χ2n) is 9.10. The molecule has 4 saturated heterocycles. The van der Waals surface area contributed by atoms with Crippen molar-refractivity contribution in [2.45, 2.75) is 75.2 Å². The fourth-order valence-electron chi connectivity index (χ4n) is 7.56. The first-order valence-corrected chi connectivity index (χ1v) is 9.60. The average molecular weight is 287 g/mol. The molecule has 6 bridgehead atoms. The molecule has 0 aromatic carbocycles. The summed E-state index contributed by atoms with van der Waals surface area (Å²) in [6.45, 7) is 2.64. The summed E-state index contributed by atoms with van der Waals surface area (Å²) in [5.74, 6) is 4.28. The fourth-order valence-corrected chi connectivity index (χ4v) is 7.56. The van der Waals surface area contributed by atoms with Gasteiger partial charge in [0.2, 0.25) is 0 Å². The zero-order valence-corrected chi connectivity index (χ0v) is 13.0. The normalized spacial score (nSPS) is 61.4. The van der Waals surface area contributed by atoms with Crippen LogP contribution in [0.4, 0.5) is 0 Å². The molecule has 9 atom stereocenters. The largest absolute Gasteiger partial charge is 0.311 e. The van der Waals surface area contributed by atoms with Crippen molar-refractivity contribution in [3.63, 3.8) is 0 Å². The van der Waals surface area contributed by atoms with Crippen molar-refractivity contribution >= 4 is 0 Å². The lowest BCUT2D eigenvalue weighted by atomic mass is 9.71. The van der Waals surface area contributed by atoms with Crippen LogP contribution < -0.4 is 10.6 Å². The van der Waals surface area contributed by atoms with Crippen molar-refractivity contribution in [2.75, 3.05) is 13.1 Å². The first-order chi connectivity index (χ1) is 10.3. The number of rotatable bonds is 2. The van der Waals surface area contributed by atoms with E-state index in [1.807, 2.05) is 0 Å². The molecular weight excluding hydrogens is 258 g/mol. The van der Waals surface area contributed by atoms with E-state index in [9.17, 15) is 0 Å². The first kappa shape index (κ1) is 12.3. The highest BCUT2D eigenvalue weighted by Gasteiger charge is 2.55. The maximum Gasteiger partial charge on any atom is 0.0239 e. The van der Waals surface area contributed by atoms with Gasteiger partial charge in [-0.25, -0.2) is 0 Å². The summed E-state index contributed by atoms with van der Waals surface area (Å²) >= 11 is 0. The molecule has 4 heterocycles. The van der Waals surface area contributed by atoms with Gasteiger partial charge in [0, 0.05) is 43.3 Å². The standard InChI is InChI=1S/C18H29N3/c1-2-17-16(7-12(1)20-17)15-4-11-3-10(15)5-18(11)21-9-13-6-14(21)8-19-13/h10-20H,1-9H2. The summed E-state index contributed by atoms with van der Waals surface area (Å²) in [6, 6.07) is 4.50. The number of hydrogen-bond donors (Lipinski definition) is 2. The minimum absolute atomic E-state index is 0.833. The Balaban J connectivity index is 1.17. The summed E-state index contributed by atoms with van der Waals surface area (Å²) in [5.41, 5.74) is 0. The monoisotopic (exact) mass is 287 g/mol. The average Bonchev–Trinajstić information content (AvgIpc) is 3.33. The van der Waals surface area contributed by atoms with Gasteiger partial charge in [0.05, 0.1) is 0 Å². The second-order valence-corrected chi connectivity index (χ2v) is 9.10. The lowest BCUT2D eigenvalue weighted by Gasteiger charge is -2.41. The molecule has 4 aliphatic heterocycles. The number of fused-ring (bicyclic) bond motifs is 6. The van der Waals surface area contributed by atoms with E-state index in [-0.39, 0.29) is 0 Å². The summed E-state index contributed by atoms with van der Waals surface area (Å²) < 4.78 is 0. The third kappa shape index (κ3) is 1.66. The van der Waals surface area contributed by atoms with Crippen LogP contribution in [0.15, 0.2) is 0 Å². The molecule has 6 rings (SSSR count). The molecule has 0 amide bonds. The molecule has 9 unspecified atom stereocenters. The van der Waals surface area contributed by atoms with Crippen molar-refractivity contribution < 1.29 is 0 Å². The zero-order valence-electron chi connectivity index (χ0n) is 13.0. The summed E-state index contributed by atoms with van der Waals surface area (Å²) in [6.07, 6.45) is 10.6. The maximum absolute atomic E-state index is 3.88. The maximum atomic E-state index is 3.88. The zero-order chi connectivity index (χ0) is 13.6. The van der Waals surface area contributed by atoms with Gasteiger partial charge in [0.1, 0.15) is 0 Å². The quantitative estimate of drug-likeness (QED) is 0.807. The Morgan fingerprint density at radius 2 is 1.81 bits per heavy atom. The van der Waals surface area contributed by atoms with E-state index < -0.39 is 0 Å². The predicted molar refractivity (Wildman–Crippen MR) is 83.1 cm³/mol. The van der Waals surface area contributed by atoms with Crippen LogP contribution in [-0.2, 0) is 0 Å². The van der Waals surface area contributed by atoms with Crippen molar-refractivity contribution in [3.8, 4) is 0 Å². The summed E-state index contributed by atoms with van der Waals surface area (Å²) in [7, 11) is 0.